The number of carbonyl (C=O) groups is 1. The summed E-state index contributed by atoms with van der Waals surface area (Å²) in [5, 5.41) is 34.0. The Morgan fingerprint density at radius 2 is 1.83 bits per heavy atom. The molecular weight excluding hydrogens is 392 g/mol. The molecule has 0 amide bonds. The number of rotatable bonds is 5. The van der Waals surface area contributed by atoms with Crippen LogP contribution < -0.4 is 0 Å². The zero-order valence-corrected chi connectivity index (χ0v) is 18.6. The van der Waals surface area contributed by atoms with Crippen LogP contribution in [0.5, 0.6) is 0 Å². The van der Waals surface area contributed by atoms with Crippen LogP contribution in [0.1, 0.15) is 59.3 Å². The lowest BCUT2D eigenvalue weighted by molar-refractivity contribution is -0.238. The van der Waals surface area contributed by atoms with Crippen molar-refractivity contribution < 1.29 is 39.1 Å². The van der Waals surface area contributed by atoms with Gasteiger partial charge in [-0.25, -0.2) is 0 Å². The SMILES string of the molecule is CO[C@@H]1O[C@@H](OC)[C@@](O)(CC[C@@]2(O)[C@@H](C)C[C@@H]3OC(=O)[C@@]4(C)CCC[C@@]2(C)[C@@H]34)[C@@H]1O. The molecule has 0 aromatic carbocycles. The summed E-state index contributed by atoms with van der Waals surface area (Å²) in [5.74, 6) is -0.364. The Morgan fingerprint density at radius 3 is 2.47 bits per heavy atom. The molecule has 172 valence electrons. The van der Waals surface area contributed by atoms with Crippen molar-refractivity contribution in [2.75, 3.05) is 14.2 Å². The first-order valence-electron chi connectivity index (χ1n) is 11.0. The highest BCUT2D eigenvalue weighted by atomic mass is 16.8. The number of esters is 1. The van der Waals surface area contributed by atoms with Crippen LogP contribution in [0.3, 0.4) is 0 Å². The molecule has 3 N–H and O–H groups in total. The third-order valence-corrected chi connectivity index (χ3v) is 9.04. The van der Waals surface area contributed by atoms with Gasteiger partial charge in [-0.2, -0.15) is 0 Å². The van der Waals surface area contributed by atoms with E-state index < -0.39 is 40.7 Å². The van der Waals surface area contributed by atoms with Crippen molar-refractivity contribution >= 4 is 5.97 Å². The van der Waals surface area contributed by atoms with Gasteiger partial charge in [0.05, 0.1) is 11.0 Å². The fourth-order valence-electron chi connectivity index (χ4n) is 7.32. The average molecular weight is 429 g/mol. The van der Waals surface area contributed by atoms with Crippen molar-refractivity contribution in [2.45, 2.75) is 95.3 Å². The third kappa shape index (κ3) is 2.70. The van der Waals surface area contributed by atoms with Crippen molar-refractivity contribution in [2.24, 2.45) is 22.7 Å². The minimum atomic E-state index is -1.71. The van der Waals surface area contributed by atoms with Gasteiger partial charge in [0.15, 0.2) is 12.6 Å². The van der Waals surface area contributed by atoms with E-state index in [1.807, 2.05) is 13.8 Å². The molecule has 4 aliphatic rings. The Kier molecular flexibility index (Phi) is 5.32. The number of ether oxygens (including phenoxy) is 4. The Bertz CT molecular complexity index is 697. The van der Waals surface area contributed by atoms with E-state index >= 15 is 0 Å². The summed E-state index contributed by atoms with van der Waals surface area (Å²) in [5.41, 5.74) is -3.98. The second kappa shape index (κ2) is 7.12. The molecule has 2 heterocycles. The molecule has 0 radical (unpaired) electrons. The molecule has 0 spiro atoms. The highest BCUT2D eigenvalue weighted by Gasteiger charge is 2.71. The average Bonchev–Trinajstić information content (AvgIpc) is 3.10. The van der Waals surface area contributed by atoms with E-state index in [1.165, 1.54) is 14.2 Å². The molecule has 4 fully saturated rings. The van der Waals surface area contributed by atoms with Gasteiger partial charge in [0, 0.05) is 25.6 Å². The molecule has 8 nitrogen and oxygen atoms in total. The first-order valence-corrected chi connectivity index (χ1v) is 11.0. The zero-order valence-electron chi connectivity index (χ0n) is 18.6. The monoisotopic (exact) mass is 428 g/mol. The summed E-state index contributed by atoms with van der Waals surface area (Å²) >= 11 is 0. The predicted molar refractivity (Wildman–Crippen MR) is 105 cm³/mol. The lowest BCUT2D eigenvalue weighted by Gasteiger charge is -2.61. The fraction of sp³-hybridized carbons (Fsp3) is 0.955. The van der Waals surface area contributed by atoms with E-state index in [9.17, 15) is 20.1 Å². The maximum absolute atomic E-state index is 12.7. The van der Waals surface area contributed by atoms with Crippen LogP contribution in [0.25, 0.3) is 0 Å². The Morgan fingerprint density at radius 1 is 1.13 bits per heavy atom. The summed E-state index contributed by atoms with van der Waals surface area (Å²) in [7, 11) is 2.79. The van der Waals surface area contributed by atoms with Crippen LogP contribution in [0.15, 0.2) is 0 Å². The van der Waals surface area contributed by atoms with E-state index in [2.05, 4.69) is 6.92 Å². The molecule has 2 saturated carbocycles. The van der Waals surface area contributed by atoms with Gasteiger partial charge >= 0.3 is 5.97 Å². The van der Waals surface area contributed by atoms with Gasteiger partial charge in [0.1, 0.15) is 17.8 Å². The molecule has 0 bridgehead atoms. The molecule has 0 aromatic rings. The molecule has 0 unspecified atom stereocenters. The van der Waals surface area contributed by atoms with Gasteiger partial charge < -0.3 is 34.3 Å². The molecule has 2 saturated heterocycles. The smallest absolute Gasteiger partial charge is 0.312 e. The number of carbonyl (C=O) groups excluding carboxylic acids is 1. The predicted octanol–water partition coefficient (Wildman–Crippen LogP) is 1.34. The third-order valence-electron chi connectivity index (χ3n) is 9.04. The fourth-order valence-corrected chi connectivity index (χ4v) is 7.32. The number of aliphatic hydroxyl groups is 3. The van der Waals surface area contributed by atoms with E-state index in [4.69, 9.17) is 18.9 Å². The summed E-state index contributed by atoms with van der Waals surface area (Å²) < 4.78 is 21.7. The lowest BCUT2D eigenvalue weighted by atomic mass is 9.44. The van der Waals surface area contributed by atoms with Crippen molar-refractivity contribution in [1.82, 2.24) is 0 Å². The van der Waals surface area contributed by atoms with Crippen LogP contribution in [0.4, 0.5) is 0 Å². The quantitative estimate of drug-likeness (QED) is 0.562. The molecular formula is C22H36O8. The minimum Gasteiger partial charge on any atom is -0.462 e. The van der Waals surface area contributed by atoms with Gasteiger partial charge in [0.2, 0.25) is 0 Å². The van der Waals surface area contributed by atoms with Gasteiger partial charge in [-0.15, -0.1) is 0 Å². The second-order valence-corrected chi connectivity index (χ2v) is 10.4. The number of hydrogen-bond donors (Lipinski definition) is 3. The standard InChI is InChI=1S/C22H36O8/c1-12-11-13-14-19(2,17(24)29-13)7-6-8-20(14,3)22(12,26)10-9-21(25)15(23)16(27-4)30-18(21)28-5/h12-16,18,23,25-26H,6-11H2,1-5H3/t12-,13-,14-,15+,16+,18+,19-,20-,21+,22+/m0/s1. The van der Waals surface area contributed by atoms with Gasteiger partial charge in [-0.05, 0) is 44.9 Å². The number of hydrogen-bond acceptors (Lipinski definition) is 8. The van der Waals surface area contributed by atoms with E-state index in [0.717, 1.165) is 19.3 Å². The van der Waals surface area contributed by atoms with E-state index in [0.29, 0.717) is 6.42 Å². The first kappa shape index (κ1) is 22.4. The molecule has 2 aliphatic carbocycles. The van der Waals surface area contributed by atoms with Crippen molar-refractivity contribution in [3.63, 3.8) is 0 Å². The largest absolute Gasteiger partial charge is 0.462 e. The van der Waals surface area contributed by atoms with Gasteiger partial charge in [0.25, 0.3) is 0 Å². The molecule has 10 atom stereocenters. The zero-order chi connectivity index (χ0) is 22.1. The van der Waals surface area contributed by atoms with Crippen molar-refractivity contribution in [3.05, 3.63) is 0 Å². The summed E-state index contributed by atoms with van der Waals surface area (Å²) in [6.45, 7) is 6.02. The molecule has 4 rings (SSSR count). The van der Waals surface area contributed by atoms with Crippen molar-refractivity contribution in [1.29, 1.82) is 0 Å². The number of aliphatic hydroxyl groups excluding tert-OH is 1. The van der Waals surface area contributed by atoms with Gasteiger partial charge in [-0.1, -0.05) is 20.3 Å². The summed E-state index contributed by atoms with van der Waals surface area (Å²) in [6, 6.07) is 0. The topological polar surface area (TPSA) is 115 Å². The summed E-state index contributed by atoms with van der Waals surface area (Å²) in [4.78, 5) is 12.7. The minimum absolute atomic E-state index is 0.0724. The molecule has 8 heteroatoms. The highest BCUT2D eigenvalue weighted by Crippen LogP contribution is 2.67. The Balaban J connectivity index is 1.64. The maximum atomic E-state index is 12.7. The van der Waals surface area contributed by atoms with Crippen LogP contribution in [-0.2, 0) is 23.7 Å². The Hall–Kier alpha value is -0.770. The highest BCUT2D eigenvalue weighted by molar-refractivity contribution is 5.80. The normalized spacial score (nSPS) is 55.4. The van der Waals surface area contributed by atoms with Crippen LogP contribution >= 0.6 is 0 Å². The maximum Gasteiger partial charge on any atom is 0.312 e. The van der Waals surface area contributed by atoms with E-state index in [1.54, 1.807) is 0 Å². The van der Waals surface area contributed by atoms with Crippen LogP contribution in [0.2, 0.25) is 0 Å². The molecule has 30 heavy (non-hydrogen) atoms. The lowest BCUT2D eigenvalue weighted by Crippen LogP contribution is -2.65. The summed E-state index contributed by atoms with van der Waals surface area (Å²) in [6.07, 6.45) is -0.257. The van der Waals surface area contributed by atoms with E-state index in [-0.39, 0.29) is 36.8 Å². The van der Waals surface area contributed by atoms with Crippen LogP contribution in [-0.4, -0.2) is 71.5 Å². The molecule has 0 aromatic heterocycles. The second-order valence-electron chi connectivity index (χ2n) is 10.4. The molecule has 2 aliphatic heterocycles. The Labute approximate surface area is 177 Å². The van der Waals surface area contributed by atoms with Crippen molar-refractivity contribution in [3.8, 4) is 0 Å². The van der Waals surface area contributed by atoms with Crippen LogP contribution in [0, 0.1) is 22.7 Å². The first-order chi connectivity index (χ1) is 14.0. The number of methoxy groups -OCH3 is 2. The van der Waals surface area contributed by atoms with Gasteiger partial charge in [-0.3, -0.25) is 4.79 Å².